The van der Waals surface area contributed by atoms with E-state index in [1.165, 1.54) is 31.4 Å². The minimum atomic E-state index is -0.550. The minimum absolute atomic E-state index is 0.265. The number of rotatable bonds is 4. The summed E-state index contributed by atoms with van der Waals surface area (Å²) in [5.74, 6) is 0.522. The quantitative estimate of drug-likeness (QED) is 0.843. The van der Waals surface area contributed by atoms with E-state index in [2.05, 4.69) is 12.2 Å². The molecule has 1 aliphatic rings. The fraction of sp³-hybridized carbons (Fsp3) is 0.571. The number of hydrogen-bond donors (Lipinski definition) is 2. The molecule has 94 valence electrons. The Bertz CT molecular complexity index is 352. The van der Waals surface area contributed by atoms with Crippen molar-refractivity contribution in [3.8, 4) is 0 Å². The number of nitrogens with one attached hydrogen (secondary N) is 1. The molecule has 0 aliphatic heterocycles. The van der Waals surface area contributed by atoms with Crippen molar-refractivity contribution in [1.29, 1.82) is 0 Å². The summed E-state index contributed by atoms with van der Waals surface area (Å²) in [4.78, 5) is 0. The van der Waals surface area contributed by atoms with Gasteiger partial charge in [0.2, 0.25) is 0 Å². The first-order valence-electron chi connectivity index (χ1n) is 6.32. The third-order valence-corrected chi connectivity index (χ3v) is 3.55. The normalized spacial score (nSPS) is 26.1. The maximum absolute atomic E-state index is 12.7. The second kappa shape index (κ2) is 5.61. The van der Waals surface area contributed by atoms with Crippen LogP contribution in [0.5, 0.6) is 0 Å². The molecule has 1 aromatic rings. The molecule has 17 heavy (non-hydrogen) atoms. The molecule has 1 fully saturated rings. The van der Waals surface area contributed by atoms with E-state index in [1.54, 1.807) is 12.1 Å². The van der Waals surface area contributed by atoms with Gasteiger partial charge in [0.25, 0.3) is 0 Å². The van der Waals surface area contributed by atoms with Crippen molar-refractivity contribution < 1.29 is 9.50 Å². The molecule has 2 rings (SSSR count). The second-order valence-corrected chi connectivity index (χ2v) is 5.09. The van der Waals surface area contributed by atoms with Crippen LogP contribution in [0.1, 0.15) is 37.9 Å². The van der Waals surface area contributed by atoms with Gasteiger partial charge < -0.3 is 10.4 Å². The number of aliphatic hydroxyl groups is 1. The maximum atomic E-state index is 12.7. The highest BCUT2D eigenvalue weighted by molar-refractivity contribution is 5.18. The molecule has 3 atom stereocenters. The van der Waals surface area contributed by atoms with Gasteiger partial charge in [0.1, 0.15) is 5.82 Å². The van der Waals surface area contributed by atoms with E-state index in [0.717, 1.165) is 11.5 Å². The van der Waals surface area contributed by atoms with E-state index < -0.39 is 6.10 Å². The summed E-state index contributed by atoms with van der Waals surface area (Å²) in [5.41, 5.74) is 0.768. The summed E-state index contributed by atoms with van der Waals surface area (Å²) in [7, 11) is 0. The van der Waals surface area contributed by atoms with Gasteiger partial charge in [-0.25, -0.2) is 4.39 Å². The third-order valence-electron chi connectivity index (χ3n) is 3.55. The Morgan fingerprint density at radius 2 is 2.06 bits per heavy atom. The highest BCUT2D eigenvalue weighted by atomic mass is 19.1. The van der Waals surface area contributed by atoms with Gasteiger partial charge in [-0.05, 0) is 42.9 Å². The number of halogens is 1. The topological polar surface area (TPSA) is 32.3 Å². The highest BCUT2D eigenvalue weighted by Gasteiger charge is 2.21. The maximum Gasteiger partial charge on any atom is 0.123 e. The van der Waals surface area contributed by atoms with Gasteiger partial charge >= 0.3 is 0 Å². The lowest BCUT2D eigenvalue weighted by Gasteiger charge is -2.16. The Morgan fingerprint density at radius 1 is 1.35 bits per heavy atom. The van der Waals surface area contributed by atoms with Crippen molar-refractivity contribution in [1.82, 2.24) is 5.32 Å². The molecule has 0 bridgehead atoms. The van der Waals surface area contributed by atoms with Crippen LogP contribution in [0.4, 0.5) is 4.39 Å². The molecular formula is C14H20FNO. The van der Waals surface area contributed by atoms with Gasteiger partial charge in [0.05, 0.1) is 6.10 Å². The highest BCUT2D eigenvalue weighted by Crippen LogP contribution is 2.25. The summed E-state index contributed by atoms with van der Waals surface area (Å²) in [6.45, 7) is 2.81. The zero-order valence-corrected chi connectivity index (χ0v) is 10.2. The molecule has 0 amide bonds. The first-order valence-corrected chi connectivity index (χ1v) is 6.32. The molecule has 2 nitrogen and oxygen atoms in total. The summed E-state index contributed by atoms with van der Waals surface area (Å²) in [6, 6.07) is 6.57. The van der Waals surface area contributed by atoms with Gasteiger partial charge in [0.15, 0.2) is 0 Å². The zero-order chi connectivity index (χ0) is 12.3. The van der Waals surface area contributed by atoms with Gasteiger partial charge in [-0.1, -0.05) is 19.1 Å². The van der Waals surface area contributed by atoms with Gasteiger partial charge in [-0.3, -0.25) is 0 Å². The summed E-state index contributed by atoms with van der Waals surface area (Å²) >= 11 is 0. The van der Waals surface area contributed by atoms with E-state index in [4.69, 9.17) is 0 Å². The Labute approximate surface area is 102 Å². The van der Waals surface area contributed by atoms with Crippen LogP contribution in [0.15, 0.2) is 24.3 Å². The zero-order valence-electron chi connectivity index (χ0n) is 10.2. The molecule has 0 spiro atoms. The monoisotopic (exact) mass is 237 g/mol. The molecule has 3 unspecified atom stereocenters. The molecule has 1 aromatic carbocycles. The Kier molecular flexibility index (Phi) is 4.13. The van der Waals surface area contributed by atoms with Crippen LogP contribution in [-0.4, -0.2) is 17.7 Å². The lowest BCUT2D eigenvalue weighted by molar-refractivity contribution is 0.169. The van der Waals surface area contributed by atoms with Crippen LogP contribution in [-0.2, 0) is 0 Å². The smallest absolute Gasteiger partial charge is 0.123 e. The molecular weight excluding hydrogens is 217 g/mol. The molecule has 0 aromatic heterocycles. The average molecular weight is 237 g/mol. The van der Waals surface area contributed by atoms with Gasteiger partial charge in [-0.2, -0.15) is 0 Å². The number of benzene rings is 1. The van der Waals surface area contributed by atoms with Crippen molar-refractivity contribution in [2.75, 3.05) is 6.54 Å². The fourth-order valence-electron chi connectivity index (χ4n) is 2.47. The molecule has 1 aliphatic carbocycles. The van der Waals surface area contributed by atoms with Crippen LogP contribution in [0.2, 0.25) is 0 Å². The molecule has 1 saturated carbocycles. The third kappa shape index (κ3) is 3.51. The second-order valence-electron chi connectivity index (χ2n) is 5.09. The van der Waals surface area contributed by atoms with Gasteiger partial charge in [-0.15, -0.1) is 0 Å². The Balaban J connectivity index is 1.81. The van der Waals surface area contributed by atoms with E-state index in [0.29, 0.717) is 12.6 Å². The van der Waals surface area contributed by atoms with Crippen LogP contribution in [0.3, 0.4) is 0 Å². The number of aliphatic hydroxyl groups excluding tert-OH is 1. The predicted octanol–water partition coefficient (Wildman–Crippen LogP) is 2.64. The van der Waals surface area contributed by atoms with Crippen LogP contribution < -0.4 is 5.32 Å². The van der Waals surface area contributed by atoms with Gasteiger partial charge in [0, 0.05) is 12.6 Å². The number of hydrogen-bond acceptors (Lipinski definition) is 2. The van der Waals surface area contributed by atoms with E-state index in [-0.39, 0.29) is 5.82 Å². The summed E-state index contributed by atoms with van der Waals surface area (Å²) in [5, 5.41) is 13.3. The predicted molar refractivity (Wildman–Crippen MR) is 66.2 cm³/mol. The van der Waals surface area contributed by atoms with Crippen LogP contribution in [0, 0.1) is 11.7 Å². The van der Waals surface area contributed by atoms with Crippen LogP contribution >= 0.6 is 0 Å². The summed E-state index contributed by atoms with van der Waals surface area (Å²) in [6.07, 6.45) is 3.10. The average Bonchev–Trinajstić information content (AvgIpc) is 2.73. The molecule has 3 heteroatoms. The van der Waals surface area contributed by atoms with E-state index in [1.807, 2.05) is 0 Å². The van der Waals surface area contributed by atoms with E-state index in [9.17, 15) is 9.50 Å². The largest absolute Gasteiger partial charge is 0.387 e. The first kappa shape index (κ1) is 12.5. The summed E-state index contributed by atoms with van der Waals surface area (Å²) < 4.78 is 12.7. The lowest BCUT2D eigenvalue weighted by atomic mass is 10.1. The van der Waals surface area contributed by atoms with Crippen molar-refractivity contribution in [2.45, 2.75) is 38.3 Å². The first-order chi connectivity index (χ1) is 8.15. The van der Waals surface area contributed by atoms with Crippen LogP contribution in [0.25, 0.3) is 0 Å². The lowest BCUT2D eigenvalue weighted by Crippen LogP contribution is -2.30. The molecule has 0 radical (unpaired) electrons. The standard InChI is InChI=1S/C14H20FNO/c1-10-2-7-13(8-10)16-9-14(17)11-3-5-12(15)6-4-11/h3-6,10,13-14,16-17H,2,7-9H2,1H3. The minimum Gasteiger partial charge on any atom is -0.387 e. The molecule has 2 N–H and O–H groups in total. The SMILES string of the molecule is CC1CCC(NCC(O)c2ccc(F)cc2)C1. The Hall–Kier alpha value is -0.930. The van der Waals surface area contributed by atoms with E-state index >= 15 is 0 Å². The molecule has 0 saturated heterocycles. The van der Waals surface area contributed by atoms with Crippen molar-refractivity contribution >= 4 is 0 Å². The van der Waals surface area contributed by atoms with Crippen molar-refractivity contribution in [3.05, 3.63) is 35.6 Å². The fourth-order valence-corrected chi connectivity index (χ4v) is 2.47. The molecule has 0 heterocycles. The van der Waals surface area contributed by atoms with Crippen molar-refractivity contribution in [2.24, 2.45) is 5.92 Å². The van der Waals surface area contributed by atoms with Crippen molar-refractivity contribution in [3.63, 3.8) is 0 Å². The Morgan fingerprint density at radius 3 is 2.65 bits per heavy atom.